The van der Waals surface area contributed by atoms with Crippen LogP contribution in [0, 0.1) is 5.92 Å². The van der Waals surface area contributed by atoms with Gasteiger partial charge in [-0.05, 0) is 5.92 Å². The van der Waals surface area contributed by atoms with Crippen LogP contribution in [-0.4, -0.2) is 5.48 Å². The summed E-state index contributed by atoms with van der Waals surface area (Å²) in [7, 11) is 0. The van der Waals surface area contributed by atoms with Crippen molar-refractivity contribution in [3.05, 3.63) is 0 Å². The highest BCUT2D eigenvalue weighted by Gasteiger charge is 2.03. The molecule has 0 radical (unpaired) electrons. The third kappa shape index (κ3) is 8.06. The standard InChI is InChI=1S/C11H24.H2O/c1-4-7-9-11(6-3)10-8-5-2;/h11H,4-10H2,1-3H3;1H2. The minimum Gasteiger partial charge on any atom is -0.412 e. The average molecular weight is 174 g/mol. The van der Waals surface area contributed by atoms with Crippen LogP contribution in [0.25, 0.3) is 0 Å². The molecule has 1 nitrogen and oxygen atoms in total. The second kappa shape index (κ2) is 11.0. The zero-order valence-corrected chi connectivity index (χ0v) is 9.03. The van der Waals surface area contributed by atoms with Crippen molar-refractivity contribution in [3.63, 3.8) is 0 Å². The molecule has 0 amide bonds. The largest absolute Gasteiger partial charge is 0.412 e. The molecule has 0 saturated carbocycles. The molecular weight excluding hydrogens is 148 g/mol. The maximum atomic E-state index is 2.33. The van der Waals surface area contributed by atoms with Crippen molar-refractivity contribution < 1.29 is 5.48 Å². The van der Waals surface area contributed by atoms with Gasteiger partial charge >= 0.3 is 0 Å². The maximum Gasteiger partial charge on any atom is -0.0417 e. The fourth-order valence-corrected chi connectivity index (χ4v) is 1.54. The topological polar surface area (TPSA) is 31.5 Å². The van der Waals surface area contributed by atoms with Gasteiger partial charge < -0.3 is 5.48 Å². The van der Waals surface area contributed by atoms with Gasteiger partial charge in [-0.15, -0.1) is 0 Å². The van der Waals surface area contributed by atoms with Gasteiger partial charge in [0.05, 0.1) is 0 Å². The van der Waals surface area contributed by atoms with E-state index < -0.39 is 0 Å². The molecule has 0 bridgehead atoms. The second-order valence-electron chi connectivity index (χ2n) is 3.56. The van der Waals surface area contributed by atoms with Gasteiger partial charge in [-0.3, -0.25) is 0 Å². The molecule has 0 heterocycles. The van der Waals surface area contributed by atoms with Gasteiger partial charge in [-0.25, -0.2) is 0 Å². The number of unbranched alkanes of at least 4 members (excludes halogenated alkanes) is 2. The molecule has 0 saturated heterocycles. The van der Waals surface area contributed by atoms with Crippen LogP contribution in [0.15, 0.2) is 0 Å². The Morgan fingerprint density at radius 1 is 0.833 bits per heavy atom. The molecule has 0 fully saturated rings. The van der Waals surface area contributed by atoms with Gasteiger partial charge in [-0.1, -0.05) is 65.7 Å². The van der Waals surface area contributed by atoms with E-state index in [1.165, 1.54) is 44.9 Å². The van der Waals surface area contributed by atoms with E-state index in [0.29, 0.717) is 0 Å². The van der Waals surface area contributed by atoms with E-state index in [9.17, 15) is 0 Å². The zero-order chi connectivity index (χ0) is 8.53. The predicted molar refractivity (Wildman–Crippen MR) is 56.4 cm³/mol. The maximum absolute atomic E-state index is 2.33. The van der Waals surface area contributed by atoms with Crippen LogP contribution in [0.4, 0.5) is 0 Å². The molecule has 0 aliphatic carbocycles. The molecule has 0 rings (SSSR count). The van der Waals surface area contributed by atoms with Crippen molar-refractivity contribution >= 4 is 0 Å². The Balaban J connectivity index is 0. The van der Waals surface area contributed by atoms with Crippen LogP contribution < -0.4 is 0 Å². The third-order valence-electron chi connectivity index (χ3n) is 2.51. The second-order valence-corrected chi connectivity index (χ2v) is 3.56. The molecule has 0 aromatic rings. The summed E-state index contributed by atoms with van der Waals surface area (Å²) in [6, 6.07) is 0. The number of hydrogen-bond acceptors (Lipinski definition) is 0. The summed E-state index contributed by atoms with van der Waals surface area (Å²) in [6.07, 6.45) is 9.91. The lowest BCUT2D eigenvalue weighted by molar-refractivity contribution is 0.408. The summed E-state index contributed by atoms with van der Waals surface area (Å²) in [5.74, 6) is 1.02. The Hall–Kier alpha value is -0.0400. The summed E-state index contributed by atoms with van der Waals surface area (Å²) in [4.78, 5) is 0. The molecule has 0 unspecified atom stereocenters. The fraction of sp³-hybridized carbons (Fsp3) is 1.00. The summed E-state index contributed by atoms with van der Waals surface area (Å²) < 4.78 is 0. The van der Waals surface area contributed by atoms with Crippen LogP contribution in [-0.2, 0) is 0 Å². The lowest BCUT2D eigenvalue weighted by atomic mass is 9.94. The van der Waals surface area contributed by atoms with E-state index in [1.807, 2.05) is 0 Å². The molecular formula is C11H26O. The molecule has 0 aromatic heterocycles. The molecule has 12 heavy (non-hydrogen) atoms. The molecule has 0 spiro atoms. The van der Waals surface area contributed by atoms with E-state index in [0.717, 1.165) is 5.92 Å². The number of rotatable bonds is 7. The minimum absolute atomic E-state index is 0. The smallest absolute Gasteiger partial charge is 0.0417 e. The van der Waals surface area contributed by atoms with Crippen LogP contribution in [0.5, 0.6) is 0 Å². The minimum atomic E-state index is 0. The lowest BCUT2D eigenvalue weighted by Gasteiger charge is -2.12. The van der Waals surface area contributed by atoms with Crippen LogP contribution >= 0.6 is 0 Å². The van der Waals surface area contributed by atoms with Crippen LogP contribution in [0.2, 0.25) is 0 Å². The highest BCUT2D eigenvalue weighted by molar-refractivity contribution is 4.56. The quantitative estimate of drug-likeness (QED) is 0.565. The van der Waals surface area contributed by atoms with E-state index in [2.05, 4.69) is 20.8 Å². The summed E-state index contributed by atoms with van der Waals surface area (Å²) in [5, 5.41) is 0. The fourth-order valence-electron chi connectivity index (χ4n) is 1.54. The summed E-state index contributed by atoms with van der Waals surface area (Å²) in [5.41, 5.74) is 0. The molecule has 2 N–H and O–H groups in total. The van der Waals surface area contributed by atoms with Gasteiger partial charge in [0.1, 0.15) is 0 Å². The van der Waals surface area contributed by atoms with E-state index in [-0.39, 0.29) is 5.48 Å². The first-order valence-electron chi connectivity index (χ1n) is 5.35. The Kier molecular flexibility index (Phi) is 13.2. The Bertz CT molecular complexity index is 63.4. The zero-order valence-electron chi connectivity index (χ0n) is 9.03. The summed E-state index contributed by atoms with van der Waals surface area (Å²) in [6.45, 7) is 6.90. The predicted octanol–water partition coefficient (Wildman–Crippen LogP) is 3.57. The van der Waals surface area contributed by atoms with Gasteiger partial charge in [0.25, 0.3) is 0 Å². The SMILES string of the molecule is CCCCC(CC)CCCC.O. The Labute approximate surface area is 77.9 Å². The van der Waals surface area contributed by atoms with Crippen molar-refractivity contribution in [2.24, 2.45) is 5.92 Å². The molecule has 0 aliphatic rings. The third-order valence-corrected chi connectivity index (χ3v) is 2.51. The van der Waals surface area contributed by atoms with Crippen LogP contribution in [0.1, 0.15) is 65.7 Å². The van der Waals surface area contributed by atoms with Gasteiger partial charge in [0, 0.05) is 0 Å². The Morgan fingerprint density at radius 3 is 1.50 bits per heavy atom. The molecule has 0 atom stereocenters. The van der Waals surface area contributed by atoms with E-state index >= 15 is 0 Å². The number of hydrogen-bond donors (Lipinski definition) is 0. The Morgan fingerprint density at radius 2 is 1.25 bits per heavy atom. The molecule has 0 aromatic carbocycles. The molecule has 76 valence electrons. The van der Waals surface area contributed by atoms with E-state index in [4.69, 9.17) is 0 Å². The van der Waals surface area contributed by atoms with Gasteiger partial charge in [-0.2, -0.15) is 0 Å². The first-order chi connectivity index (χ1) is 5.35. The first-order valence-corrected chi connectivity index (χ1v) is 5.35. The summed E-state index contributed by atoms with van der Waals surface area (Å²) >= 11 is 0. The van der Waals surface area contributed by atoms with Crippen molar-refractivity contribution in [1.29, 1.82) is 0 Å². The van der Waals surface area contributed by atoms with Crippen LogP contribution in [0.3, 0.4) is 0 Å². The van der Waals surface area contributed by atoms with Crippen molar-refractivity contribution in [3.8, 4) is 0 Å². The molecule has 1 heteroatoms. The van der Waals surface area contributed by atoms with Crippen molar-refractivity contribution in [2.75, 3.05) is 0 Å². The highest BCUT2D eigenvalue weighted by Crippen LogP contribution is 2.18. The lowest BCUT2D eigenvalue weighted by Crippen LogP contribution is -1.98. The van der Waals surface area contributed by atoms with Gasteiger partial charge in [0.2, 0.25) is 0 Å². The van der Waals surface area contributed by atoms with E-state index in [1.54, 1.807) is 0 Å². The van der Waals surface area contributed by atoms with Crippen molar-refractivity contribution in [2.45, 2.75) is 65.7 Å². The monoisotopic (exact) mass is 174 g/mol. The first kappa shape index (κ1) is 14.5. The van der Waals surface area contributed by atoms with Crippen molar-refractivity contribution in [1.82, 2.24) is 0 Å². The highest BCUT2D eigenvalue weighted by atomic mass is 16.0. The van der Waals surface area contributed by atoms with Gasteiger partial charge in [0.15, 0.2) is 0 Å². The molecule has 0 aliphatic heterocycles. The average Bonchev–Trinajstić information content (AvgIpc) is 2.05. The normalized spacial score (nSPS) is 10.0.